The van der Waals surface area contributed by atoms with Crippen LogP contribution in [0.3, 0.4) is 0 Å². The van der Waals surface area contributed by atoms with E-state index in [1.54, 1.807) is 13.0 Å². The summed E-state index contributed by atoms with van der Waals surface area (Å²) < 4.78 is 5.42. The summed E-state index contributed by atoms with van der Waals surface area (Å²) in [7, 11) is 0. The van der Waals surface area contributed by atoms with Crippen LogP contribution in [0.4, 0.5) is 0 Å². The molecule has 0 amide bonds. The number of aryl methyl sites for hydroxylation is 1. The van der Waals surface area contributed by atoms with E-state index in [9.17, 15) is 4.79 Å². The minimum Gasteiger partial charge on any atom is -0.477 e. The number of carboxylic acid groups (broad SMARTS) is 1. The first-order valence-electron chi connectivity index (χ1n) is 5.30. The minimum absolute atomic E-state index is 0.0545. The number of aromatic amines is 1. The Morgan fingerprint density at radius 1 is 1.39 bits per heavy atom. The van der Waals surface area contributed by atoms with Crippen LogP contribution in [0.1, 0.15) is 16.4 Å². The summed E-state index contributed by atoms with van der Waals surface area (Å²) >= 11 is 0. The Hall–Kier alpha value is -2.63. The minimum atomic E-state index is -1.04. The zero-order valence-electron chi connectivity index (χ0n) is 9.47. The van der Waals surface area contributed by atoms with Crippen LogP contribution in [-0.2, 0) is 0 Å². The van der Waals surface area contributed by atoms with Crippen LogP contribution in [0.15, 0.2) is 28.7 Å². The number of hydrogen-bond acceptors (Lipinski definition) is 4. The lowest BCUT2D eigenvalue weighted by Gasteiger charge is -1.94. The number of benzene rings is 1. The number of rotatable bonds is 2. The third-order valence-electron chi connectivity index (χ3n) is 2.60. The van der Waals surface area contributed by atoms with E-state index >= 15 is 0 Å². The first kappa shape index (κ1) is 10.5. The number of hydrogen-bond donors (Lipinski definition) is 2. The van der Waals surface area contributed by atoms with Crippen LogP contribution < -0.4 is 0 Å². The Kier molecular flexibility index (Phi) is 2.16. The molecule has 0 unspecified atom stereocenters. The molecule has 2 aromatic heterocycles. The average Bonchev–Trinajstić information content (AvgIpc) is 2.91. The van der Waals surface area contributed by atoms with Crippen molar-refractivity contribution in [1.82, 2.24) is 15.2 Å². The lowest BCUT2D eigenvalue weighted by Crippen LogP contribution is -1.95. The van der Waals surface area contributed by atoms with Gasteiger partial charge in [-0.25, -0.2) is 9.78 Å². The first-order chi connectivity index (χ1) is 8.63. The first-order valence-corrected chi connectivity index (χ1v) is 5.30. The van der Waals surface area contributed by atoms with Gasteiger partial charge in [-0.15, -0.1) is 0 Å². The van der Waals surface area contributed by atoms with E-state index in [1.165, 1.54) is 6.07 Å². The topological polar surface area (TPSA) is 92.0 Å². The van der Waals surface area contributed by atoms with Crippen LogP contribution in [0.5, 0.6) is 0 Å². The van der Waals surface area contributed by atoms with Crippen molar-refractivity contribution in [2.75, 3.05) is 0 Å². The third-order valence-corrected chi connectivity index (χ3v) is 2.60. The van der Waals surface area contributed by atoms with Crippen molar-refractivity contribution in [3.63, 3.8) is 0 Å². The van der Waals surface area contributed by atoms with Gasteiger partial charge < -0.3 is 9.52 Å². The molecule has 0 aliphatic carbocycles. The van der Waals surface area contributed by atoms with E-state index in [0.29, 0.717) is 17.2 Å². The number of H-pyrrole nitrogens is 1. The number of nitrogens with one attached hydrogen (secondary N) is 1. The Morgan fingerprint density at radius 3 is 2.94 bits per heavy atom. The summed E-state index contributed by atoms with van der Waals surface area (Å²) in [6.07, 6.45) is 0. The van der Waals surface area contributed by atoms with Crippen LogP contribution >= 0.6 is 0 Å². The van der Waals surface area contributed by atoms with E-state index in [4.69, 9.17) is 9.52 Å². The molecule has 0 aliphatic rings. The molecule has 0 spiro atoms. The Labute approximate surface area is 101 Å². The van der Waals surface area contributed by atoms with Crippen molar-refractivity contribution in [2.24, 2.45) is 0 Å². The fraction of sp³-hybridized carbons (Fsp3) is 0.0833. The summed E-state index contributed by atoms with van der Waals surface area (Å²) in [6, 6.07) is 6.91. The zero-order valence-corrected chi connectivity index (χ0v) is 9.47. The highest BCUT2D eigenvalue weighted by atomic mass is 16.4. The number of nitrogens with zero attached hydrogens (tertiary/aromatic N) is 2. The van der Waals surface area contributed by atoms with E-state index in [2.05, 4.69) is 15.2 Å². The molecule has 3 rings (SSSR count). The highest BCUT2D eigenvalue weighted by Crippen LogP contribution is 2.23. The molecule has 0 bridgehead atoms. The molecule has 0 fully saturated rings. The summed E-state index contributed by atoms with van der Waals surface area (Å²) in [5.41, 5.74) is 2.82. The highest BCUT2D eigenvalue weighted by Gasteiger charge is 2.10. The highest BCUT2D eigenvalue weighted by molar-refractivity contribution is 5.87. The summed E-state index contributed by atoms with van der Waals surface area (Å²) in [5.74, 6) is -0.444. The van der Waals surface area contributed by atoms with E-state index in [0.717, 1.165) is 11.1 Å². The second-order valence-electron chi connectivity index (χ2n) is 3.89. The van der Waals surface area contributed by atoms with Crippen molar-refractivity contribution < 1.29 is 14.3 Å². The van der Waals surface area contributed by atoms with Crippen LogP contribution in [-0.4, -0.2) is 26.3 Å². The monoisotopic (exact) mass is 243 g/mol. The van der Waals surface area contributed by atoms with Crippen LogP contribution in [0.25, 0.3) is 22.4 Å². The molecule has 2 N–H and O–H groups in total. The number of carboxylic acids is 1. The summed E-state index contributed by atoms with van der Waals surface area (Å²) in [6.45, 7) is 1.77. The van der Waals surface area contributed by atoms with Gasteiger partial charge in [-0.1, -0.05) is 6.07 Å². The average molecular weight is 243 g/mol. The molecule has 90 valence electrons. The molecular weight excluding hydrogens is 234 g/mol. The van der Waals surface area contributed by atoms with Gasteiger partial charge in [0.05, 0.1) is 5.69 Å². The van der Waals surface area contributed by atoms with Crippen molar-refractivity contribution in [3.05, 3.63) is 35.9 Å². The van der Waals surface area contributed by atoms with Crippen molar-refractivity contribution in [3.8, 4) is 11.3 Å². The number of aromatic nitrogens is 3. The van der Waals surface area contributed by atoms with E-state index in [1.807, 2.05) is 12.1 Å². The van der Waals surface area contributed by atoms with E-state index in [-0.39, 0.29) is 5.69 Å². The number of oxazole rings is 1. The molecule has 1 aromatic carbocycles. The Morgan fingerprint density at radius 2 is 2.22 bits per heavy atom. The van der Waals surface area contributed by atoms with Gasteiger partial charge in [0.2, 0.25) is 0 Å². The van der Waals surface area contributed by atoms with Gasteiger partial charge in [-0.3, -0.25) is 5.10 Å². The van der Waals surface area contributed by atoms with E-state index < -0.39 is 5.97 Å². The molecule has 0 aliphatic heterocycles. The fourth-order valence-corrected chi connectivity index (χ4v) is 1.78. The largest absolute Gasteiger partial charge is 0.477 e. The normalized spacial score (nSPS) is 10.9. The standard InChI is InChI=1S/C12H9N3O3/c1-6-13-8-3-2-7(4-11(8)18-6)9-5-10(12(16)17)15-14-9/h2-5H,1H3,(H,14,15)(H,16,17). The van der Waals surface area contributed by atoms with Gasteiger partial charge >= 0.3 is 5.97 Å². The van der Waals surface area contributed by atoms with Gasteiger partial charge in [0.15, 0.2) is 11.5 Å². The zero-order chi connectivity index (χ0) is 12.7. The molecule has 0 radical (unpaired) electrons. The van der Waals surface area contributed by atoms with Gasteiger partial charge in [0.25, 0.3) is 0 Å². The SMILES string of the molecule is Cc1nc2ccc(-c3cc(C(=O)O)[nH]n3)cc2o1. The summed E-state index contributed by atoms with van der Waals surface area (Å²) in [4.78, 5) is 15.0. The molecule has 18 heavy (non-hydrogen) atoms. The Bertz CT molecular complexity index is 742. The molecule has 6 nitrogen and oxygen atoms in total. The molecular formula is C12H9N3O3. The molecule has 2 heterocycles. The quantitative estimate of drug-likeness (QED) is 0.720. The number of aromatic carboxylic acids is 1. The van der Waals surface area contributed by atoms with Crippen molar-refractivity contribution >= 4 is 17.1 Å². The molecule has 0 atom stereocenters. The lowest BCUT2D eigenvalue weighted by molar-refractivity contribution is 0.0690. The third kappa shape index (κ3) is 1.64. The Balaban J connectivity index is 2.09. The maximum Gasteiger partial charge on any atom is 0.353 e. The van der Waals surface area contributed by atoms with Gasteiger partial charge in [0.1, 0.15) is 11.2 Å². The maximum atomic E-state index is 10.8. The van der Waals surface area contributed by atoms with Crippen LogP contribution in [0.2, 0.25) is 0 Å². The summed E-state index contributed by atoms with van der Waals surface area (Å²) in [5, 5.41) is 15.2. The van der Waals surface area contributed by atoms with Crippen molar-refractivity contribution in [2.45, 2.75) is 6.92 Å². The number of carbonyl (C=O) groups is 1. The second-order valence-corrected chi connectivity index (χ2v) is 3.89. The molecule has 6 heteroatoms. The molecule has 3 aromatic rings. The van der Waals surface area contributed by atoms with Gasteiger partial charge in [0, 0.05) is 12.5 Å². The molecule has 0 saturated carbocycles. The lowest BCUT2D eigenvalue weighted by atomic mass is 10.1. The number of fused-ring (bicyclic) bond motifs is 1. The predicted octanol–water partition coefficient (Wildman–Crippen LogP) is 2.22. The predicted molar refractivity (Wildman–Crippen MR) is 63.3 cm³/mol. The van der Waals surface area contributed by atoms with Gasteiger partial charge in [-0.05, 0) is 18.2 Å². The molecule has 0 saturated heterocycles. The van der Waals surface area contributed by atoms with Crippen LogP contribution in [0, 0.1) is 6.92 Å². The smallest absolute Gasteiger partial charge is 0.353 e. The fourth-order valence-electron chi connectivity index (χ4n) is 1.78. The van der Waals surface area contributed by atoms with Crippen molar-refractivity contribution in [1.29, 1.82) is 0 Å². The van der Waals surface area contributed by atoms with Gasteiger partial charge in [-0.2, -0.15) is 5.10 Å². The maximum absolute atomic E-state index is 10.8. The second kappa shape index (κ2) is 3.69.